The van der Waals surface area contributed by atoms with Crippen molar-refractivity contribution >= 4 is 6.01 Å². The fourth-order valence-electron chi connectivity index (χ4n) is 2.21. The van der Waals surface area contributed by atoms with Crippen LogP contribution in [0.15, 0.2) is 4.52 Å². The second kappa shape index (κ2) is 5.36. The zero-order valence-electron chi connectivity index (χ0n) is 10.8. The molecule has 0 aromatic carbocycles. The number of piperidine rings is 1. The number of hydrogen-bond donors (Lipinski definition) is 0. The summed E-state index contributed by atoms with van der Waals surface area (Å²) in [7, 11) is 1.66. The molecule has 0 amide bonds. The first-order valence-electron chi connectivity index (χ1n) is 6.10. The van der Waals surface area contributed by atoms with Gasteiger partial charge in [0, 0.05) is 20.2 Å². The molecule has 1 aliphatic rings. The lowest BCUT2D eigenvalue weighted by Gasteiger charge is -2.33. The summed E-state index contributed by atoms with van der Waals surface area (Å²) < 4.78 is 47.0. The molecule has 0 saturated carbocycles. The van der Waals surface area contributed by atoms with Crippen LogP contribution in [0.3, 0.4) is 0 Å². The molecular weight excluding hydrogens is 263 g/mol. The van der Waals surface area contributed by atoms with Crippen molar-refractivity contribution in [1.82, 2.24) is 10.1 Å². The van der Waals surface area contributed by atoms with Crippen LogP contribution in [0.4, 0.5) is 19.2 Å². The van der Waals surface area contributed by atoms with Gasteiger partial charge in [-0.1, -0.05) is 0 Å². The SMILES string of the molecule is COC(C)C1CCN(c2nc(C(F)(F)F)no2)CC1. The molecule has 1 fully saturated rings. The Labute approximate surface area is 108 Å². The summed E-state index contributed by atoms with van der Waals surface area (Å²) in [5.74, 6) is -0.818. The lowest BCUT2D eigenvalue weighted by molar-refractivity contribution is -0.146. The van der Waals surface area contributed by atoms with Crippen LogP contribution in [0.5, 0.6) is 0 Å². The molecule has 8 heteroatoms. The van der Waals surface area contributed by atoms with Crippen LogP contribution in [-0.2, 0) is 10.9 Å². The van der Waals surface area contributed by atoms with E-state index in [2.05, 4.69) is 14.7 Å². The highest BCUT2D eigenvalue weighted by Gasteiger charge is 2.38. The van der Waals surface area contributed by atoms with Gasteiger partial charge in [-0.05, 0) is 30.8 Å². The average Bonchev–Trinajstić information content (AvgIpc) is 2.87. The Morgan fingerprint density at radius 3 is 2.47 bits per heavy atom. The maximum Gasteiger partial charge on any atom is 0.455 e. The van der Waals surface area contributed by atoms with Crippen molar-refractivity contribution in [3.8, 4) is 0 Å². The van der Waals surface area contributed by atoms with Gasteiger partial charge in [0.05, 0.1) is 6.10 Å². The Kier molecular flexibility index (Phi) is 3.98. The molecule has 2 heterocycles. The maximum atomic E-state index is 12.4. The van der Waals surface area contributed by atoms with Crippen LogP contribution in [0.25, 0.3) is 0 Å². The third kappa shape index (κ3) is 3.17. The van der Waals surface area contributed by atoms with E-state index in [-0.39, 0.29) is 12.1 Å². The zero-order chi connectivity index (χ0) is 14.0. The smallest absolute Gasteiger partial charge is 0.381 e. The Bertz CT molecular complexity index is 414. The second-order valence-electron chi connectivity index (χ2n) is 4.66. The van der Waals surface area contributed by atoms with Crippen LogP contribution in [0, 0.1) is 5.92 Å². The monoisotopic (exact) mass is 279 g/mol. The van der Waals surface area contributed by atoms with E-state index in [0.29, 0.717) is 19.0 Å². The highest BCUT2D eigenvalue weighted by Crippen LogP contribution is 2.30. The summed E-state index contributed by atoms with van der Waals surface area (Å²) in [5.41, 5.74) is 0. The van der Waals surface area contributed by atoms with Gasteiger partial charge in [-0.3, -0.25) is 0 Å². The highest BCUT2D eigenvalue weighted by molar-refractivity contribution is 5.26. The fourth-order valence-corrected chi connectivity index (χ4v) is 2.21. The van der Waals surface area contributed by atoms with Crippen LogP contribution in [0.1, 0.15) is 25.6 Å². The van der Waals surface area contributed by atoms with Gasteiger partial charge < -0.3 is 14.2 Å². The first kappa shape index (κ1) is 14.1. The van der Waals surface area contributed by atoms with Crippen molar-refractivity contribution in [3.63, 3.8) is 0 Å². The number of aromatic nitrogens is 2. The van der Waals surface area contributed by atoms with Gasteiger partial charge in [-0.15, -0.1) is 0 Å². The third-order valence-electron chi connectivity index (χ3n) is 3.51. The quantitative estimate of drug-likeness (QED) is 0.850. The lowest BCUT2D eigenvalue weighted by Crippen LogP contribution is -2.37. The number of ether oxygens (including phenoxy) is 1. The fraction of sp³-hybridized carbons (Fsp3) is 0.818. The molecule has 1 aliphatic heterocycles. The summed E-state index contributed by atoms with van der Waals surface area (Å²) in [4.78, 5) is 5.07. The minimum absolute atomic E-state index is 0.0594. The van der Waals surface area contributed by atoms with Crippen molar-refractivity contribution in [1.29, 1.82) is 0 Å². The standard InChI is InChI=1S/C11H16F3N3O2/c1-7(18-2)8-3-5-17(6-4-8)10-15-9(16-19-10)11(12,13)14/h7-8H,3-6H2,1-2H3. The van der Waals surface area contributed by atoms with Crippen molar-refractivity contribution in [2.75, 3.05) is 25.1 Å². The molecule has 0 radical (unpaired) electrons. The maximum absolute atomic E-state index is 12.4. The van der Waals surface area contributed by atoms with E-state index < -0.39 is 12.0 Å². The first-order chi connectivity index (χ1) is 8.91. The van der Waals surface area contributed by atoms with E-state index in [1.54, 1.807) is 12.0 Å². The van der Waals surface area contributed by atoms with Gasteiger partial charge in [0.2, 0.25) is 0 Å². The van der Waals surface area contributed by atoms with Crippen LogP contribution in [0.2, 0.25) is 0 Å². The van der Waals surface area contributed by atoms with Gasteiger partial charge in [-0.2, -0.15) is 18.2 Å². The summed E-state index contributed by atoms with van der Waals surface area (Å²) in [6.07, 6.45) is -2.75. The molecule has 0 aliphatic carbocycles. The van der Waals surface area contributed by atoms with Crippen molar-refractivity contribution in [2.24, 2.45) is 5.92 Å². The molecule has 5 nitrogen and oxygen atoms in total. The largest absolute Gasteiger partial charge is 0.455 e. The van der Waals surface area contributed by atoms with Crippen LogP contribution in [-0.4, -0.2) is 36.4 Å². The molecule has 1 aromatic rings. The molecular formula is C11H16F3N3O2. The Balaban J connectivity index is 1.96. The lowest BCUT2D eigenvalue weighted by atomic mass is 9.92. The molecule has 0 bridgehead atoms. The number of alkyl halides is 3. The van der Waals surface area contributed by atoms with E-state index in [0.717, 1.165) is 12.8 Å². The van der Waals surface area contributed by atoms with Gasteiger partial charge in [0.1, 0.15) is 0 Å². The van der Waals surface area contributed by atoms with E-state index in [1.165, 1.54) is 0 Å². The number of anilines is 1. The van der Waals surface area contributed by atoms with Gasteiger partial charge in [0.25, 0.3) is 5.82 Å². The second-order valence-corrected chi connectivity index (χ2v) is 4.66. The molecule has 19 heavy (non-hydrogen) atoms. The van der Waals surface area contributed by atoms with Crippen molar-refractivity contribution < 1.29 is 22.4 Å². The minimum Gasteiger partial charge on any atom is -0.381 e. The summed E-state index contributed by atoms with van der Waals surface area (Å²) in [6, 6.07) is -0.0594. The van der Waals surface area contributed by atoms with Crippen molar-refractivity contribution in [2.45, 2.75) is 32.0 Å². The van der Waals surface area contributed by atoms with Gasteiger partial charge in [0.15, 0.2) is 0 Å². The van der Waals surface area contributed by atoms with E-state index in [4.69, 9.17) is 4.74 Å². The van der Waals surface area contributed by atoms with Crippen LogP contribution >= 0.6 is 0 Å². The molecule has 1 atom stereocenters. The predicted octanol–water partition coefficient (Wildman–Crippen LogP) is 2.34. The number of nitrogens with zero attached hydrogens (tertiary/aromatic N) is 3. The van der Waals surface area contributed by atoms with Crippen LogP contribution < -0.4 is 4.90 Å². The molecule has 1 saturated heterocycles. The number of hydrogen-bond acceptors (Lipinski definition) is 5. The Hall–Kier alpha value is -1.31. The van der Waals surface area contributed by atoms with E-state index in [9.17, 15) is 13.2 Å². The Morgan fingerprint density at radius 2 is 2.00 bits per heavy atom. The normalized spacial score (nSPS) is 19.7. The summed E-state index contributed by atoms with van der Waals surface area (Å²) in [6.45, 7) is 3.19. The highest BCUT2D eigenvalue weighted by atomic mass is 19.4. The molecule has 0 spiro atoms. The van der Waals surface area contributed by atoms with E-state index >= 15 is 0 Å². The Morgan fingerprint density at radius 1 is 1.37 bits per heavy atom. The molecule has 2 rings (SSSR count). The minimum atomic E-state index is -4.56. The topological polar surface area (TPSA) is 51.4 Å². The van der Waals surface area contributed by atoms with Gasteiger partial charge >= 0.3 is 12.2 Å². The molecule has 1 aromatic heterocycles. The predicted molar refractivity (Wildman–Crippen MR) is 60.7 cm³/mol. The third-order valence-corrected chi connectivity index (χ3v) is 3.51. The van der Waals surface area contributed by atoms with Crippen molar-refractivity contribution in [3.05, 3.63) is 5.82 Å². The van der Waals surface area contributed by atoms with Gasteiger partial charge in [-0.25, -0.2) is 0 Å². The molecule has 108 valence electrons. The molecule has 1 unspecified atom stereocenters. The van der Waals surface area contributed by atoms with E-state index in [1.807, 2.05) is 6.92 Å². The summed E-state index contributed by atoms with van der Waals surface area (Å²) in [5, 5.41) is 2.96. The molecule has 0 N–H and O–H groups in total. The number of methoxy groups -OCH3 is 1. The summed E-state index contributed by atoms with van der Waals surface area (Å²) >= 11 is 0. The number of halogens is 3. The average molecular weight is 279 g/mol. The zero-order valence-corrected chi connectivity index (χ0v) is 10.8. The first-order valence-corrected chi connectivity index (χ1v) is 6.10. The number of rotatable bonds is 3.